The van der Waals surface area contributed by atoms with E-state index in [9.17, 15) is 0 Å². The second-order valence-corrected chi connectivity index (χ2v) is 5.95. The van der Waals surface area contributed by atoms with Gasteiger partial charge in [-0.1, -0.05) is 28.4 Å². The number of halogens is 3. The largest absolute Gasteiger partial charge is 0.482 e. The third kappa shape index (κ3) is 4.49. The van der Waals surface area contributed by atoms with Gasteiger partial charge in [0.1, 0.15) is 5.75 Å². The van der Waals surface area contributed by atoms with Gasteiger partial charge in [-0.15, -0.1) is 12.4 Å². The topological polar surface area (TPSA) is 63.4 Å². The summed E-state index contributed by atoms with van der Waals surface area (Å²) in [4.78, 5) is 6.59. The molecular weight excluding hydrogens is 363 g/mol. The molecule has 6 nitrogen and oxygen atoms in total. The molecular formula is C14H17Cl3N4O2. The molecule has 1 aliphatic rings. The molecule has 0 aliphatic carbocycles. The van der Waals surface area contributed by atoms with Crippen LogP contribution in [0.4, 0.5) is 0 Å². The summed E-state index contributed by atoms with van der Waals surface area (Å²) < 4.78 is 10.8. The highest BCUT2D eigenvalue weighted by Gasteiger charge is 2.25. The minimum absolute atomic E-state index is 0. The van der Waals surface area contributed by atoms with E-state index >= 15 is 0 Å². The molecule has 1 aromatic heterocycles. The van der Waals surface area contributed by atoms with Crippen molar-refractivity contribution in [2.75, 3.05) is 26.7 Å². The summed E-state index contributed by atoms with van der Waals surface area (Å²) in [5, 5.41) is 8.40. The van der Waals surface area contributed by atoms with Gasteiger partial charge in [0.2, 0.25) is 0 Å². The van der Waals surface area contributed by atoms with Crippen LogP contribution in [0.25, 0.3) is 0 Å². The zero-order chi connectivity index (χ0) is 15.5. The third-order valence-corrected chi connectivity index (χ3v) is 4.08. The second kappa shape index (κ2) is 8.17. The quantitative estimate of drug-likeness (QED) is 0.881. The summed E-state index contributed by atoms with van der Waals surface area (Å²) in [7, 11) is 2.05. The van der Waals surface area contributed by atoms with Crippen molar-refractivity contribution in [2.45, 2.75) is 12.6 Å². The molecule has 2 aromatic rings. The Morgan fingerprint density at radius 3 is 3.04 bits per heavy atom. The van der Waals surface area contributed by atoms with Crippen LogP contribution >= 0.6 is 35.6 Å². The summed E-state index contributed by atoms with van der Waals surface area (Å²) in [6.07, 6.45) is 0. The van der Waals surface area contributed by atoms with Crippen LogP contribution in [0, 0.1) is 0 Å². The zero-order valence-electron chi connectivity index (χ0n) is 12.5. The maximum atomic E-state index is 6.04. The Morgan fingerprint density at radius 1 is 1.43 bits per heavy atom. The fraction of sp³-hybridized carbons (Fsp3) is 0.429. The summed E-state index contributed by atoms with van der Waals surface area (Å²) in [6.45, 7) is 2.87. The normalized spacial score (nSPS) is 18.5. The molecule has 0 saturated carbocycles. The lowest BCUT2D eigenvalue weighted by Gasteiger charge is -2.30. The van der Waals surface area contributed by atoms with E-state index in [0.29, 0.717) is 27.5 Å². The SMILES string of the molecule is CN1CCNCC1c1noc(COc2cc(Cl)ccc2Cl)n1.Cl. The van der Waals surface area contributed by atoms with Crippen LogP contribution in [0.1, 0.15) is 17.8 Å². The van der Waals surface area contributed by atoms with Crippen molar-refractivity contribution >= 4 is 35.6 Å². The van der Waals surface area contributed by atoms with Crippen molar-refractivity contribution in [2.24, 2.45) is 0 Å². The van der Waals surface area contributed by atoms with Crippen LogP contribution in [0.5, 0.6) is 5.75 Å². The minimum Gasteiger partial charge on any atom is -0.482 e. The summed E-state index contributed by atoms with van der Waals surface area (Å²) in [5.74, 6) is 1.56. The predicted molar refractivity (Wildman–Crippen MR) is 90.6 cm³/mol. The molecule has 1 saturated heterocycles. The molecule has 9 heteroatoms. The standard InChI is InChI=1S/C14H16Cl2N4O2.ClH/c1-20-5-4-17-7-11(20)14-18-13(22-19-14)8-21-12-6-9(15)2-3-10(12)16;/h2-3,6,11,17H,4-5,7-8H2,1H3;1H. The number of aromatic nitrogens is 2. The number of hydrogen-bond acceptors (Lipinski definition) is 6. The molecule has 3 rings (SSSR count). The molecule has 0 radical (unpaired) electrons. The fourth-order valence-electron chi connectivity index (χ4n) is 2.28. The first-order valence-electron chi connectivity index (χ1n) is 6.95. The van der Waals surface area contributed by atoms with Crippen molar-refractivity contribution in [1.82, 2.24) is 20.4 Å². The van der Waals surface area contributed by atoms with Gasteiger partial charge in [0, 0.05) is 30.7 Å². The van der Waals surface area contributed by atoms with E-state index in [1.54, 1.807) is 18.2 Å². The molecule has 126 valence electrons. The maximum absolute atomic E-state index is 6.04. The first-order chi connectivity index (χ1) is 10.6. The monoisotopic (exact) mass is 378 g/mol. The highest BCUT2D eigenvalue weighted by Crippen LogP contribution is 2.28. The van der Waals surface area contributed by atoms with Crippen LogP contribution in [-0.2, 0) is 6.61 Å². The van der Waals surface area contributed by atoms with E-state index in [0.717, 1.165) is 19.6 Å². The lowest BCUT2D eigenvalue weighted by molar-refractivity contribution is 0.189. The van der Waals surface area contributed by atoms with Gasteiger partial charge >= 0.3 is 0 Å². The van der Waals surface area contributed by atoms with Gasteiger partial charge in [0.05, 0.1) is 11.1 Å². The molecule has 1 aliphatic heterocycles. The highest BCUT2D eigenvalue weighted by molar-refractivity contribution is 6.34. The molecule has 1 fully saturated rings. The molecule has 0 bridgehead atoms. The van der Waals surface area contributed by atoms with Crippen molar-refractivity contribution in [3.63, 3.8) is 0 Å². The molecule has 1 aromatic carbocycles. The summed E-state index contributed by atoms with van der Waals surface area (Å²) in [6, 6.07) is 5.15. The van der Waals surface area contributed by atoms with Crippen molar-refractivity contribution < 1.29 is 9.26 Å². The number of piperazine rings is 1. The van der Waals surface area contributed by atoms with E-state index < -0.39 is 0 Å². The zero-order valence-corrected chi connectivity index (χ0v) is 14.8. The lowest BCUT2D eigenvalue weighted by Crippen LogP contribution is -2.44. The predicted octanol–water partition coefficient (Wildman–Crippen LogP) is 2.95. The number of nitrogens with zero attached hydrogens (tertiary/aromatic N) is 3. The van der Waals surface area contributed by atoms with Crippen LogP contribution < -0.4 is 10.1 Å². The van der Waals surface area contributed by atoms with E-state index in [1.807, 2.05) is 7.05 Å². The first-order valence-corrected chi connectivity index (χ1v) is 7.70. The third-order valence-electron chi connectivity index (χ3n) is 3.54. The van der Waals surface area contributed by atoms with Crippen LogP contribution in [0.3, 0.4) is 0 Å². The van der Waals surface area contributed by atoms with Crippen LogP contribution in [0.15, 0.2) is 22.7 Å². The van der Waals surface area contributed by atoms with Gasteiger partial charge in [-0.2, -0.15) is 4.98 Å². The molecule has 0 spiro atoms. The summed E-state index contributed by atoms with van der Waals surface area (Å²) in [5.41, 5.74) is 0. The number of nitrogens with one attached hydrogen (secondary N) is 1. The van der Waals surface area contributed by atoms with E-state index in [-0.39, 0.29) is 25.1 Å². The number of hydrogen-bond donors (Lipinski definition) is 1. The van der Waals surface area contributed by atoms with Gasteiger partial charge in [0.25, 0.3) is 5.89 Å². The molecule has 1 atom stereocenters. The van der Waals surface area contributed by atoms with Gasteiger partial charge in [-0.25, -0.2) is 0 Å². The van der Waals surface area contributed by atoms with Crippen molar-refractivity contribution in [1.29, 1.82) is 0 Å². The fourth-order valence-corrected chi connectivity index (χ4v) is 2.62. The van der Waals surface area contributed by atoms with E-state index in [1.165, 1.54) is 0 Å². The first kappa shape index (κ1) is 18.3. The average molecular weight is 380 g/mol. The van der Waals surface area contributed by atoms with Crippen LogP contribution in [-0.4, -0.2) is 41.7 Å². The summed E-state index contributed by atoms with van der Waals surface area (Å²) >= 11 is 12.0. The van der Waals surface area contributed by atoms with Crippen molar-refractivity contribution in [3.8, 4) is 5.75 Å². The minimum atomic E-state index is 0. The Hall–Kier alpha value is -1.05. The second-order valence-electron chi connectivity index (χ2n) is 5.11. The Morgan fingerprint density at radius 2 is 2.26 bits per heavy atom. The average Bonchev–Trinajstić information content (AvgIpc) is 2.97. The Kier molecular flexibility index (Phi) is 6.50. The molecule has 2 heterocycles. The molecule has 23 heavy (non-hydrogen) atoms. The Labute approximate surface area is 150 Å². The Balaban J connectivity index is 0.00000192. The number of likely N-dealkylation sites (N-methyl/N-ethyl adjacent to an activating group) is 1. The highest BCUT2D eigenvalue weighted by atomic mass is 35.5. The van der Waals surface area contributed by atoms with Crippen molar-refractivity contribution in [3.05, 3.63) is 40.0 Å². The number of rotatable bonds is 4. The van der Waals surface area contributed by atoms with Crippen LogP contribution in [0.2, 0.25) is 10.0 Å². The van der Waals surface area contributed by atoms with Gasteiger partial charge in [-0.3, -0.25) is 4.90 Å². The molecule has 1 N–H and O–H groups in total. The number of ether oxygens (including phenoxy) is 1. The van der Waals surface area contributed by atoms with E-state index in [4.69, 9.17) is 32.5 Å². The maximum Gasteiger partial charge on any atom is 0.264 e. The van der Waals surface area contributed by atoms with Gasteiger partial charge in [-0.05, 0) is 19.2 Å². The van der Waals surface area contributed by atoms with E-state index in [2.05, 4.69) is 20.4 Å². The lowest BCUT2D eigenvalue weighted by atomic mass is 10.2. The van der Waals surface area contributed by atoms with Gasteiger partial charge in [0.15, 0.2) is 12.4 Å². The Bertz CT molecular complexity index is 653. The smallest absolute Gasteiger partial charge is 0.264 e. The molecule has 1 unspecified atom stereocenters. The molecule has 0 amide bonds. The number of benzene rings is 1. The van der Waals surface area contributed by atoms with Gasteiger partial charge < -0.3 is 14.6 Å².